The molecule has 0 saturated heterocycles. The average molecular weight is 549 g/mol. The zero-order valence-electron chi connectivity index (χ0n) is 20.7. The monoisotopic (exact) mass is 548 g/mol. The molecule has 1 saturated carbocycles. The van der Waals surface area contributed by atoms with Gasteiger partial charge in [-0.25, -0.2) is 4.39 Å². The maximum Gasteiger partial charge on any atom is 0.417 e. The fourth-order valence-electron chi connectivity index (χ4n) is 4.64. The third-order valence-electron chi connectivity index (χ3n) is 6.56. The Balaban J connectivity index is 0.000000272. The second-order valence-electron chi connectivity index (χ2n) is 9.41. The zero-order valence-corrected chi connectivity index (χ0v) is 20.7. The molecule has 4 nitrogen and oxygen atoms in total. The largest absolute Gasteiger partial charge is 0.417 e. The second-order valence-corrected chi connectivity index (χ2v) is 9.41. The first-order chi connectivity index (χ1) is 18.3. The summed E-state index contributed by atoms with van der Waals surface area (Å²) < 4.78 is 88.2. The van der Waals surface area contributed by atoms with E-state index < -0.39 is 34.9 Å². The summed E-state index contributed by atoms with van der Waals surface area (Å²) in [7, 11) is 0. The van der Waals surface area contributed by atoms with Crippen LogP contribution in [-0.4, -0.2) is 11.0 Å². The Morgan fingerprint density at radius 1 is 0.923 bits per heavy atom. The van der Waals surface area contributed by atoms with Crippen molar-refractivity contribution in [2.75, 3.05) is 5.32 Å². The van der Waals surface area contributed by atoms with Gasteiger partial charge in [-0.15, -0.1) is 0 Å². The number of nitriles is 2. The Labute approximate surface area is 220 Å². The van der Waals surface area contributed by atoms with Crippen molar-refractivity contribution in [3.05, 3.63) is 94.6 Å². The van der Waals surface area contributed by atoms with Crippen molar-refractivity contribution in [3.8, 4) is 12.1 Å². The molecule has 0 bridgehead atoms. The van der Waals surface area contributed by atoms with E-state index >= 15 is 0 Å². The first-order valence-corrected chi connectivity index (χ1v) is 11.8. The van der Waals surface area contributed by atoms with Crippen LogP contribution in [0, 0.1) is 28.5 Å². The molecule has 1 aromatic heterocycles. The van der Waals surface area contributed by atoms with Crippen molar-refractivity contribution in [2.24, 2.45) is 0 Å². The number of pyridine rings is 1. The van der Waals surface area contributed by atoms with Gasteiger partial charge < -0.3 is 5.32 Å². The smallest absolute Gasteiger partial charge is 0.382 e. The zero-order chi connectivity index (χ0) is 28.8. The van der Waals surface area contributed by atoms with Crippen molar-refractivity contribution in [3.63, 3.8) is 0 Å². The molecular weight excluding hydrogens is 525 g/mol. The molecular formula is C28H23F7N4. The van der Waals surface area contributed by atoms with E-state index in [9.17, 15) is 30.7 Å². The first-order valence-electron chi connectivity index (χ1n) is 11.8. The number of hydrogen-bond acceptors (Lipinski definition) is 4. The number of aromatic nitrogens is 1. The highest BCUT2D eigenvalue weighted by molar-refractivity contribution is 5.53. The number of benzene rings is 2. The lowest BCUT2D eigenvalue weighted by atomic mass is 9.69. The Hall–Kier alpha value is -4.12. The van der Waals surface area contributed by atoms with Crippen LogP contribution in [0.4, 0.5) is 36.4 Å². The summed E-state index contributed by atoms with van der Waals surface area (Å²) in [5.74, 6) is -1.01. The molecule has 204 valence electrons. The topological polar surface area (TPSA) is 72.5 Å². The van der Waals surface area contributed by atoms with Gasteiger partial charge in [-0.1, -0.05) is 19.4 Å². The maximum absolute atomic E-state index is 13.2. The lowest BCUT2D eigenvalue weighted by Crippen LogP contribution is -2.36. The third kappa shape index (κ3) is 7.47. The van der Waals surface area contributed by atoms with Crippen LogP contribution in [-0.2, 0) is 17.8 Å². The van der Waals surface area contributed by atoms with Crippen LogP contribution in [0.2, 0.25) is 0 Å². The van der Waals surface area contributed by atoms with Crippen LogP contribution in [0.5, 0.6) is 0 Å². The van der Waals surface area contributed by atoms with Crippen LogP contribution in [0.25, 0.3) is 0 Å². The van der Waals surface area contributed by atoms with Crippen LogP contribution < -0.4 is 5.32 Å². The number of halogens is 7. The van der Waals surface area contributed by atoms with Crippen molar-refractivity contribution in [1.82, 2.24) is 4.98 Å². The Morgan fingerprint density at radius 3 is 2.10 bits per heavy atom. The van der Waals surface area contributed by atoms with Crippen molar-refractivity contribution in [1.29, 1.82) is 10.5 Å². The molecule has 1 fully saturated rings. The normalized spacial score (nSPS) is 19.2. The van der Waals surface area contributed by atoms with Crippen LogP contribution in [0.1, 0.15) is 60.4 Å². The molecule has 4 rings (SSSR count). The Bertz CT molecular complexity index is 1370. The molecule has 1 N–H and O–H groups in total. The molecule has 2 aromatic carbocycles. The molecule has 39 heavy (non-hydrogen) atoms. The summed E-state index contributed by atoms with van der Waals surface area (Å²) in [6, 6.07) is 12.7. The van der Waals surface area contributed by atoms with E-state index in [1.165, 1.54) is 12.1 Å². The van der Waals surface area contributed by atoms with Gasteiger partial charge in [-0.3, -0.25) is 4.98 Å². The van der Waals surface area contributed by atoms with Gasteiger partial charge in [-0.05, 0) is 72.7 Å². The average Bonchev–Trinajstić information content (AvgIpc) is 2.88. The maximum atomic E-state index is 13.2. The molecule has 3 aromatic rings. The number of nitrogens with zero attached hydrogens (tertiary/aromatic N) is 3. The minimum Gasteiger partial charge on any atom is -0.382 e. The van der Waals surface area contributed by atoms with E-state index in [0.29, 0.717) is 11.8 Å². The minimum absolute atomic E-state index is 0.0520. The standard InChI is InChI=1S/C20H20F3N3.C8H3F4N/c1-19(15-4-3-9-25-13-15)8-2-5-17(11-19)26-16-7-6-14(12-24)18(10-16)20(21,22)23;9-6-2-1-5(4-13)7(3-6)8(10,11)12/h3-4,6-7,9-10,13,17,26H,2,5,8,11H2,1H3;1-3H. The predicted octanol–water partition coefficient (Wildman–Crippen LogP) is 8.00. The fourth-order valence-corrected chi connectivity index (χ4v) is 4.64. The van der Waals surface area contributed by atoms with Gasteiger partial charge in [-0.2, -0.15) is 36.9 Å². The summed E-state index contributed by atoms with van der Waals surface area (Å²) in [5, 5.41) is 20.5. The van der Waals surface area contributed by atoms with Crippen LogP contribution in [0.15, 0.2) is 60.9 Å². The molecule has 1 heterocycles. The van der Waals surface area contributed by atoms with E-state index in [-0.39, 0.29) is 17.0 Å². The van der Waals surface area contributed by atoms with Gasteiger partial charge >= 0.3 is 12.4 Å². The highest BCUT2D eigenvalue weighted by Gasteiger charge is 2.36. The molecule has 2 unspecified atom stereocenters. The van der Waals surface area contributed by atoms with Crippen LogP contribution in [0.3, 0.4) is 0 Å². The van der Waals surface area contributed by atoms with Gasteiger partial charge in [0.2, 0.25) is 0 Å². The number of nitrogens with one attached hydrogen (secondary N) is 1. The summed E-state index contributed by atoms with van der Waals surface area (Å²) in [6.45, 7) is 2.18. The highest BCUT2D eigenvalue weighted by atomic mass is 19.4. The second kappa shape index (κ2) is 11.7. The van der Waals surface area contributed by atoms with Crippen molar-refractivity contribution >= 4 is 5.69 Å². The number of alkyl halides is 6. The van der Waals surface area contributed by atoms with E-state index in [0.717, 1.165) is 49.4 Å². The van der Waals surface area contributed by atoms with Gasteiger partial charge in [0.15, 0.2) is 0 Å². The molecule has 1 aliphatic carbocycles. The van der Waals surface area contributed by atoms with E-state index in [2.05, 4.69) is 23.3 Å². The van der Waals surface area contributed by atoms with E-state index in [1.54, 1.807) is 18.3 Å². The van der Waals surface area contributed by atoms with Crippen LogP contribution >= 0.6 is 0 Å². The van der Waals surface area contributed by atoms with Gasteiger partial charge in [0.1, 0.15) is 5.82 Å². The lowest BCUT2D eigenvalue weighted by Gasteiger charge is -2.39. The van der Waals surface area contributed by atoms with Crippen molar-refractivity contribution < 1.29 is 30.7 Å². The van der Waals surface area contributed by atoms with Gasteiger partial charge in [0.25, 0.3) is 0 Å². The number of hydrogen-bond donors (Lipinski definition) is 1. The molecule has 2 atom stereocenters. The Kier molecular flexibility index (Phi) is 8.85. The van der Waals surface area contributed by atoms with E-state index in [4.69, 9.17) is 10.5 Å². The number of anilines is 1. The quantitative estimate of drug-likeness (QED) is 0.337. The van der Waals surface area contributed by atoms with E-state index in [1.807, 2.05) is 12.3 Å². The molecule has 0 aliphatic heterocycles. The third-order valence-corrected chi connectivity index (χ3v) is 6.56. The molecule has 0 spiro atoms. The summed E-state index contributed by atoms with van der Waals surface area (Å²) >= 11 is 0. The fraction of sp³-hybridized carbons (Fsp3) is 0.321. The first kappa shape index (κ1) is 29.4. The lowest BCUT2D eigenvalue weighted by molar-refractivity contribution is -0.138. The molecule has 0 amide bonds. The molecule has 11 heteroatoms. The predicted molar refractivity (Wildman–Crippen MR) is 130 cm³/mol. The van der Waals surface area contributed by atoms with Gasteiger partial charge in [0, 0.05) is 24.1 Å². The summed E-state index contributed by atoms with van der Waals surface area (Å²) in [6.07, 6.45) is -1.89. The molecule has 1 aliphatic rings. The summed E-state index contributed by atoms with van der Waals surface area (Å²) in [5.41, 5.74) is -1.56. The SMILES string of the molecule is CC1(c2cccnc2)CCCC(Nc2ccc(C#N)c(C(F)(F)F)c2)C1.N#Cc1ccc(F)cc1C(F)(F)F. The molecule has 0 radical (unpaired) electrons. The summed E-state index contributed by atoms with van der Waals surface area (Å²) in [4.78, 5) is 4.20. The Morgan fingerprint density at radius 2 is 1.54 bits per heavy atom. The number of rotatable bonds is 3. The van der Waals surface area contributed by atoms with Gasteiger partial charge in [0.05, 0.1) is 34.4 Å². The minimum atomic E-state index is -4.69. The van der Waals surface area contributed by atoms with Crippen molar-refractivity contribution in [2.45, 2.75) is 56.4 Å². The highest BCUT2D eigenvalue weighted by Crippen LogP contribution is 2.40.